The van der Waals surface area contributed by atoms with Crippen LogP contribution in [0.5, 0.6) is 11.5 Å². The molecule has 1 aromatic heterocycles. The Balaban J connectivity index is 1.51. The first-order valence-corrected chi connectivity index (χ1v) is 11.5. The number of nitrogens with one attached hydrogen (secondary N) is 1. The van der Waals surface area contributed by atoms with Gasteiger partial charge in [0.25, 0.3) is 5.91 Å². The van der Waals surface area contributed by atoms with Gasteiger partial charge < -0.3 is 19.9 Å². The molecule has 4 rings (SSSR count). The maximum Gasteiger partial charge on any atom is 0.326 e. The molecular weight excluding hydrogens is 456 g/mol. The highest BCUT2D eigenvalue weighted by Gasteiger charge is 2.22. The number of nitrogens with zero attached hydrogens (tertiary/aromatic N) is 1. The third-order valence-electron chi connectivity index (χ3n) is 5.42. The Bertz CT molecular complexity index is 1280. The lowest BCUT2D eigenvalue weighted by molar-refractivity contribution is -0.139. The van der Waals surface area contributed by atoms with Gasteiger partial charge in [-0.25, -0.2) is 4.79 Å². The van der Waals surface area contributed by atoms with Crippen molar-refractivity contribution < 1.29 is 24.2 Å². The Hall–Kier alpha value is -4.65. The standard InChI is InChI=1S/C29H26N2O5/c32-28(24-13-7-8-16-30-24)31-25(29(33)34)17-23-14-15-26(35-19-21-9-3-1-4-10-21)27(18-23)36-20-22-11-5-2-6-12-22/h1-16,18,25H,17,19-20H2,(H,31,32)(H,33,34)/t25-/m1/s1. The number of benzene rings is 3. The topological polar surface area (TPSA) is 97.8 Å². The molecule has 0 spiro atoms. The van der Waals surface area contributed by atoms with Gasteiger partial charge in [0.15, 0.2) is 11.5 Å². The molecule has 1 atom stereocenters. The monoisotopic (exact) mass is 482 g/mol. The molecule has 0 unspecified atom stereocenters. The summed E-state index contributed by atoms with van der Waals surface area (Å²) >= 11 is 0. The van der Waals surface area contributed by atoms with Gasteiger partial charge in [0.1, 0.15) is 24.9 Å². The summed E-state index contributed by atoms with van der Waals surface area (Å²) in [6.07, 6.45) is 1.55. The molecule has 0 aliphatic heterocycles. The van der Waals surface area contributed by atoms with Crippen molar-refractivity contribution in [3.05, 3.63) is 126 Å². The van der Waals surface area contributed by atoms with Crippen LogP contribution in [-0.4, -0.2) is 28.0 Å². The van der Waals surface area contributed by atoms with E-state index in [1.54, 1.807) is 30.3 Å². The van der Waals surface area contributed by atoms with Crippen LogP contribution < -0.4 is 14.8 Å². The molecular formula is C29H26N2O5. The van der Waals surface area contributed by atoms with Crippen LogP contribution in [0.4, 0.5) is 0 Å². The Morgan fingerprint density at radius 1 is 0.750 bits per heavy atom. The lowest BCUT2D eigenvalue weighted by atomic mass is 10.0. The van der Waals surface area contributed by atoms with Gasteiger partial charge in [0.2, 0.25) is 0 Å². The molecule has 2 N–H and O–H groups in total. The maximum absolute atomic E-state index is 12.5. The third-order valence-corrected chi connectivity index (χ3v) is 5.42. The number of aromatic nitrogens is 1. The van der Waals surface area contributed by atoms with Gasteiger partial charge in [-0.3, -0.25) is 9.78 Å². The molecule has 7 heteroatoms. The van der Waals surface area contributed by atoms with Crippen LogP contribution in [0.1, 0.15) is 27.2 Å². The van der Waals surface area contributed by atoms with Crippen molar-refractivity contribution in [3.8, 4) is 11.5 Å². The van der Waals surface area contributed by atoms with Gasteiger partial charge in [-0.2, -0.15) is 0 Å². The highest BCUT2D eigenvalue weighted by molar-refractivity contribution is 5.94. The summed E-state index contributed by atoms with van der Waals surface area (Å²) in [5.74, 6) is -0.655. The fourth-order valence-electron chi connectivity index (χ4n) is 3.55. The summed E-state index contributed by atoms with van der Waals surface area (Å²) in [5, 5.41) is 12.3. The average molecular weight is 483 g/mol. The van der Waals surface area contributed by atoms with Gasteiger partial charge in [-0.05, 0) is 41.0 Å². The molecule has 0 fully saturated rings. The maximum atomic E-state index is 12.5. The minimum absolute atomic E-state index is 0.0641. The van der Waals surface area contributed by atoms with Gasteiger partial charge >= 0.3 is 5.97 Å². The first-order chi connectivity index (χ1) is 17.6. The summed E-state index contributed by atoms with van der Waals surface area (Å²) in [6.45, 7) is 0.685. The molecule has 3 aromatic carbocycles. The Kier molecular flexibility index (Phi) is 8.27. The van der Waals surface area contributed by atoms with E-state index in [4.69, 9.17) is 9.47 Å². The number of carbonyl (C=O) groups is 2. The summed E-state index contributed by atoms with van der Waals surface area (Å²) in [4.78, 5) is 28.4. The lowest BCUT2D eigenvalue weighted by Gasteiger charge is -2.17. The zero-order valence-corrected chi connectivity index (χ0v) is 19.5. The second kappa shape index (κ2) is 12.2. The molecule has 0 saturated heterocycles. The van der Waals surface area contributed by atoms with Crippen LogP contribution in [0.3, 0.4) is 0 Å². The van der Waals surface area contributed by atoms with Crippen molar-refractivity contribution in [2.75, 3.05) is 0 Å². The van der Waals surface area contributed by atoms with Gasteiger partial charge in [-0.15, -0.1) is 0 Å². The van der Waals surface area contributed by atoms with Crippen molar-refractivity contribution in [1.82, 2.24) is 10.3 Å². The van der Waals surface area contributed by atoms with E-state index < -0.39 is 17.9 Å². The molecule has 0 aliphatic rings. The Labute approximate surface area is 209 Å². The van der Waals surface area contributed by atoms with Crippen molar-refractivity contribution in [1.29, 1.82) is 0 Å². The second-order valence-corrected chi connectivity index (χ2v) is 8.11. The normalized spacial score (nSPS) is 11.3. The van der Waals surface area contributed by atoms with E-state index in [-0.39, 0.29) is 12.1 Å². The highest BCUT2D eigenvalue weighted by atomic mass is 16.5. The van der Waals surface area contributed by atoms with Crippen LogP contribution in [-0.2, 0) is 24.4 Å². The molecule has 0 saturated carbocycles. The summed E-state index contributed by atoms with van der Waals surface area (Å²) in [6, 6.07) is 28.5. The molecule has 1 amide bonds. The van der Waals surface area contributed by atoms with Gasteiger partial charge in [-0.1, -0.05) is 72.8 Å². The Morgan fingerprint density at radius 2 is 1.36 bits per heavy atom. The smallest absolute Gasteiger partial charge is 0.326 e. The fourth-order valence-corrected chi connectivity index (χ4v) is 3.55. The quantitative estimate of drug-likeness (QED) is 0.323. The van der Waals surface area contributed by atoms with Crippen molar-refractivity contribution in [2.24, 2.45) is 0 Å². The molecule has 0 aliphatic carbocycles. The van der Waals surface area contributed by atoms with E-state index in [1.807, 2.05) is 60.7 Å². The number of carboxylic acids is 1. The van der Waals surface area contributed by atoms with Crippen LogP contribution >= 0.6 is 0 Å². The molecule has 36 heavy (non-hydrogen) atoms. The van der Waals surface area contributed by atoms with Crippen LogP contribution in [0.2, 0.25) is 0 Å². The summed E-state index contributed by atoms with van der Waals surface area (Å²) in [5.41, 5.74) is 2.83. The van der Waals surface area contributed by atoms with E-state index in [2.05, 4.69) is 10.3 Å². The number of rotatable bonds is 11. The van der Waals surface area contributed by atoms with Crippen molar-refractivity contribution >= 4 is 11.9 Å². The number of carbonyl (C=O) groups excluding carboxylic acids is 1. The number of carboxylic acid groups (broad SMARTS) is 1. The number of pyridine rings is 1. The zero-order valence-electron chi connectivity index (χ0n) is 19.5. The van der Waals surface area contributed by atoms with E-state index >= 15 is 0 Å². The molecule has 0 bridgehead atoms. The van der Waals surface area contributed by atoms with Gasteiger partial charge in [0, 0.05) is 12.6 Å². The average Bonchev–Trinajstić information content (AvgIpc) is 2.92. The van der Waals surface area contributed by atoms with Crippen LogP contribution in [0.15, 0.2) is 103 Å². The predicted molar refractivity (Wildman–Crippen MR) is 135 cm³/mol. The van der Waals surface area contributed by atoms with E-state index in [0.717, 1.165) is 11.1 Å². The van der Waals surface area contributed by atoms with E-state index in [1.165, 1.54) is 12.3 Å². The lowest BCUT2D eigenvalue weighted by Crippen LogP contribution is -2.42. The molecule has 182 valence electrons. The zero-order chi connectivity index (χ0) is 25.2. The Morgan fingerprint density at radius 3 is 1.94 bits per heavy atom. The van der Waals surface area contributed by atoms with Crippen molar-refractivity contribution in [3.63, 3.8) is 0 Å². The van der Waals surface area contributed by atoms with Crippen LogP contribution in [0.25, 0.3) is 0 Å². The summed E-state index contributed by atoms with van der Waals surface area (Å²) < 4.78 is 12.1. The molecule has 7 nitrogen and oxygen atoms in total. The fraction of sp³-hybridized carbons (Fsp3) is 0.138. The molecule has 1 heterocycles. The highest BCUT2D eigenvalue weighted by Crippen LogP contribution is 2.30. The van der Waals surface area contributed by atoms with E-state index in [0.29, 0.717) is 30.3 Å². The third kappa shape index (κ3) is 6.93. The number of hydrogen-bond donors (Lipinski definition) is 2. The predicted octanol–water partition coefficient (Wildman–Crippen LogP) is 4.67. The first-order valence-electron chi connectivity index (χ1n) is 11.5. The largest absolute Gasteiger partial charge is 0.485 e. The second-order valence-electron chi connectivity index (χ2n) is 8.11. The van der Waals surface area contributed by atoms with Gasteiger partial charge in [0.05, 0.1) is 0 Å². The minimum Gasteiger partial charge on any atom is -0.485 e. The number of hydrogen-bond acceptors (Lipinski definition) is 5. The number of aliphatic carboxylic acids is 1. The SMILES string of the molecule is O=C(N[C@H](Cc1ccc(OCc2ccccc2)c(OCc2ccccc2)c1)C(=O)O)c1ccccn1. The van der Waals surface area contributed by atoms with Crippen molar-refractivity contribution in [2.45, 2.75) is 25.7 Å². The number of ether oxygens (including phenoxy) is 2. The number of amides is 1. The van der Waals surface area contributed by atoms with Crippen LogP contribution in [0, 0.1) is 0 Å². The first kappa shape index (κ1) is 24.5. The molecule has 4 aromatic rings. The summed E-state index contributed by atoms with van der Waals surface area (Å²) in [7, 11) is 0. The minimum atomic E-state index is -1.14. The van der Waals surface area contributed by atoms with E-state index in [9.17, 15) is 14.7 Å². The molecule has 0 radical (unpaired) electrons.